The zero-order chi connectivity index (χ0) is 16.5. The van der Waals surface area contributed by atoms with Crippen LogP contribution in [0.25, 0.3) is 20.2 Å². The van der Waals surface area contributed by atoms with Gasteiger partial charge in [-0.2, -0.15) is 0 Å². The van der Waals surface area contributed by atoms with Gasteiger partial charge in [-0.3, -0.25) is 0 Å². The molecule has 1 aromatic heterocycles. The molecule has 0 bridgehead atoms. The second-order valence-corrected chi connectivity index (χ2v) is 8.69. The van der Waals surface area contributed by atoms with Crippen molar-refractivity contribution in [2.75, 3.05) is 0 Å². The van der Waals surface area contributed by atoms with E-state index in [1.165, 1.54) is 58.7 Å². The van der Waals surface area contributed by atoms with Gasteiger partial charge in [0.15, 0.2) is 0 Å². The maximum Gasteiger partial charge on any atom is 0.0358 e. The minimum absolute atomic E-state index is 0.877. The van der Waals surface area contributed by atoms with Crippen molar-refractivity contribution in [2.45, 2.75) is 52.4 Å². The van der Waals surface area contributed by atoms with Gasteiger partial charge in [0.25, 0.3) is 0 Å². The van der Waals surface area contributed by atoms with Gasteiger partial charge in [-0.05, 0) is 54.7 Å². The van der Waals surface area contributed by atoms with Gasteiger partial charge in [-0.1, -0.05) is 63.4 Å². The number of hydrogen-bond donors (Lipinski definition) is 0. The quantitative estimate of drug-likeness (QED) is 0.464. The van der Waals surface area contributed by atoms with Crippen LogP contribution in [-0.4, -0.2) is 0 Å². The first-order chi connectivity index (χ1) is 11.8. The molecule has 1 aliphatic carbocycles. The van der Waals surface area contributed by atoms with E-state index in [2.05, 4.69) is 56.3 Å². The third-order valence-electron chi connectivity index (χ3n) is 6.32. The Bertz CT molecular complexity index is 828. The van der Waals surface area contributed by atoms with Gasteiger partial charge < -0.3 is 0 Å². The molecule has 3 aromatic rings. The van der Waals surface area contributed by atoms with E-state index in [1.807, 2.05) is 11.3 Å². The Labute approximate surface area is 149 Å². The SMILES string of the molecule is CCC1CCC(Cc2cccc3sc4ccccc4c23)C(CC)C1. The van der Waals surface area contributed by atoms with Crippen LogP contribution in [0.2, 0.25) is 0 Å². The smallest absolute Gasteiger partial charge is 0.0358 e. The maximum atomic E-state index is 2.40. The highest BCUT2D eigenvalue weighted by molar-refractivity contribution is 7.25. The van der Waals surface area contributed by atoms with Crippen molar-refractivity contribution in [3.8, 4) is 0 Å². The predicted octanol–water partition coefficient (Wildman–Crippen LogP) is 7.45. The summed E-state index contributed by atoms with van der Waals surface area (Å²) in [6, 6.07) is 15.9. The Balaban J connectivity index is 1.69. The lowest BCUT2D eigenvalue weighted by molar-refractivity contribution is 0.170. The summed E-state index contributed by atoms with van der Waals surface area (Å²) in [4.78, 5) is 0. The van der Waals surface area contributed by atoms with Gasteiger partial charge in [0.1, 0.15) is 0 Å². The molecule has 0 spiro atoms. The van der Waals surface area contributed by atoms with Gasteiger partial charge >= 0.3 is 0 Å². The van der Waals surface area contributed by atoms with Crippen molar-refractivity contribution >= 4 is 31.5 Å². The fraction of sp³-hybridized carbons (Fsp3) is 0.478. The van der Waals surface area contributed by atoms with Crippen molar-refractivity contribution < 1.29 is 0 Å². The van der Waals surface area contributed by atoms with Crippen molar-refractivity contribution in [2.24, 2.45) is 17.8 Å². The van der Waals surface area contributed by atoms with Gasteiger partial charge in [0.05, 0.1) is 0 Å². The van der Waals surface area contributed by atoms with Gasteiger partial charge in [0.2, 0.25) is 0 Å². The van der Waals surface area contributed by atoms with E-state index in [4.69, 9.17) is 0 Å². The summed E-state index contributed by atoms with van der Waals surface area (Å²) in [5.41, 5.74) is 1.59. The van der Waals surface area contributed by atoms with Crippen LogP contribution in [0.1, 0.15) is 51.5 Å². The van der Waals surface area contributed by atoms with E-state index in [0.29, 0.717) is 0 Å². The van der Waals surface area contributed by atoms with Crippen LogP contribution in [-0.2, 0) is 6.42 Å². The molecular formula is C23H28S. The highest BCUT2D eigenvalue weighted by atomic mass is 32.1. The molecule has 1 aliphatic rings. The van der Waals surface area contributed by atoms with Crippen molar-refractivity contribution in [3.05, 3.63) is 48.0 Å². The maximum absolute atomic E-state index is 2.40. The summed E-state index contributed by atoms with van der Waals surface area (Å²) >= 11 is 1.95. The lowest BCUT2D eigenvalue weighted by Gasteiger charge is -2.36. The molecule has 2 aromatic carbocycles. The molecule has 126 valence electrons. The van der Waals surface area contributed by atoms with E-state index < -0.39 is 0 Å². The molecule has 0 nitrogen and oxygen atoms in total. The third-order valence-corrected chi connectivity index (χ3v) is 7.46. The van der Waals surface area contributed by atoms with E-state index in [-0.39, 0.29) is 0 Å². The Morgan fingerprint density at radius 2 is 1.71 bits per heavy atom. The van der Waals surface area contributed by atoms with E-state index >= 15 is 0 Å². The summed E-state index contributed by atoms with van der Waals surface area (Å²) < 4.78 is 2.89. The Kier molecular flexibility index (Phi) is 4.63. The molecule has 1 saturated carbocycles. The van der Waals surface area contributed by atoms with Gasteiger partial charge in [-0.25, -0.2) is 0 Å². The Hall–Kier alpha value is -1.34. The molecule has 1 heterocycles. The average Bonchev–Trinajstić information content (AvgIpc) is 3.01. The number of benzene rings is 2. The van der Waals surface area contributed by atoms with Gasteiger partial charge in [0, 0.05) is 20.2 Å². The minimum Gasteiger partial charge on any atom is -0.135 e. The Morgan fingerprint density at radius 3 is 2.54 bits per heavy atom. The van der Waals surface area contributed by atoms with E-state index in [1.54, 1.807) is 5.56 Å². The second-order valence-electron chi connectivity index (χ2n) is 7.61. The highest BCUT2D eigenvalue weighted by Gasteiger charge is 2.29. The molecule has 1 heteroatoms. The zero-order valence-corrected chi connectivity index (χ0v) is 15.7. The molecule has 1 fully saturated rings. The van der Waals surface area contributed by atoms with Crippen LogP contribution in [0.3, 0.4) is 0 Å². The van der Waals surface area contributed by atoms with Gasteiger partial charge in [-0.15, -0.1) is 11.3 Å². The van der Waals surface area contributed by atoms with Crippen molar-refractivity contribution in [3.63, 3.8) is 0 Å². The minimum atomic E-state index is 0.877. The van der Waals surface area contributed by atoms with Crippen LogP contribution in [0.15, 0.2) is 42.5 Å². The zero-order valence-electron chi connectivity index (χ0n) is 14.9. The lowest BCUT2D eigenvalue weighted by atomic mass is 9.70. The number of fused-ring (bicyclic) bond motifs is 3. The first-order valence-corrected chi connectivity index (χ1v) is 10.5. The fourth-order valence-electron chi connectivity index (χ4n) is 4.86. The molecule has 0 amide bonds. The summed E-state index contributed by atoms with van der Waals surface area (Å²) in [6.07, 6.45) is 8.31. The van der Waals surface area contributed by atoms with Crippen LogP contribution >= 0.6 is 11.3 Å². The normalized spacial score (nSPS) is 24.7. The largest absolute Gasteiger partial charge is 0.135 e. The Morgan fingerprint density at radius 1 is 0.875 bits per heavy atom. The number of hydrogen-bond acceptors (Lipinski definition) is 1. The average molecular weight is 337 g/mol. The first-order valence-electron chi connectivity index (χ1n) is 9.69. The first kappa shape index (κ1) is 16.1. The second kappa shape index (κ2) is 6.88. The van der Waals surface area contributed by atoms with Crippen LogP contribution < -0.4 is 0 Å². The number of rotatable bonds is 4. The molecule has 0 N–H and O–H groups in total. The third kappa shape index (κ3) is 2.88. The summed E-state index contributed by atoms with van der Waals surface area (Å²) in [5, 5.41) is 2.99. The fourth-order valence-corrected chi connectivity index (χ4v) is 6.02. The molecule has 0 radical (unpaired) electrons. The molecule has 3 unspecified atom stereocenters. The number of thiophene rings is 1. The van der Waals surface area contributed by atoms with E-state index in [9.17, 15) is 0 Å². The lowest BCUT2D eigenvalue weighted by Crippen LogP contribution is -2.26. The van der Waals surface area contributed by atoms with Crippen LogP contribution in [0, 0.1) is 17.8 Å². The molecule has 4 rings (SSSR count). The van der Waals surface area contributed by atoms with Crippen LogP contribution in [0.4, 0.5) is 0 Å². The van der Waals surface area contributed by atoms with E-state index in [0.717, 1.165) is 17.8 Å². The summed E-state index contributed by atoms with van der Waals surface area (Å²) in [7, 11) is 0. The molecule has 0 aliphatic heterocycles. The monoisotopic (exact) mass is 336 g/mol. The topological polar surface area (TPSA) is 0 Å². The molecule has 0 saturated heterocycles. The van der Waals surface area contributed by atoms with Crippen molar-refractivity contribution in [1.82, 2.24) is 0 Å². The summed E-state index contributed by atoms with van der Waals surface area (Å²) in [6.45, 7) is 4.77. The van der Waals surface area contributed by atoms with Crippen molar-refractivity contribution in [1.29, 1.82) is 0 Å². The van der Waals surface area contributed by atoms with Crippen LogP contribution in [0.5, 0.6) is 0 Å². The highest BCUT2D eigenvalue weighted by Crippen LogP contribution is 2.42. The molecule has 3 atom stereocenters. The molecular weight excluding hydrogens is 308 g/mol. The summed E-state index contributed by atoms with van der Waals surface area (Å²) in [5.74, 6) is 2.77. The predicted molar refractivity (Wildman–Crippen MR) is 108 cm³/mol. The molecule has 24 heavy (non-hydrogen) atoms. The standard InChI is InChI=1S/C23H28S/c1-3-16-12-13-18(17(4-2)14-16)15-19-8-7-11-22-23(19)20-9-5-6-10-21(20)24-22/h5-11,16-18H,3-4,12-15H2,1-2H3.